The van der Waals surface area contributed by atoms with Crippen LogP contribution in [0.1, 0.15) is 75.8 Å². The van der Waals surface area contributed by atoms with Gasteiger partial charge in [-0.2, -0.15) is 27.9 Å². The van der Waals surface area contributed by atoms with Crippen molar-refractivity contribution in [3.63, 3.8) is 0 Å². The number of hydrogen-bond donors (Lipinski definition) is 1. The number of carboxylic acid groups (broad SMARTS) is 1. The molecule has 1 N–H and O–H groups in total. The second kappa shape index (κ2) is 10.3. The zero-order valence-corrected chi connectivity index (χ0v) is 19.8. The Morgan fingerprint density at radius 3 is 2.40 bits per heavy atom. The van der Waals surface area contributed by atoms with Crippen LogP contribution >= 0.6 is 0 Å². The third kappa shape index (κ3) is 5.50. The Kier molecular flexibility index (Phi) is 7.44. The van der Waals surface area contributed by atoms with Crippen molar-refractivity contribution in [2.45, 2.75) is 76.4 Å². The van der Waals surface area contributed by atoms with Gasteiger partial charge >= 0.3 is 12.1 Å². The topological polar surface area (TPSA) is 97.3 Å². The molecule has 2 aromatic heterocycles. The lowest BCUT2D eigenvalue weighted by Crippen LogP contribution is -2.39. The van der Waals surface area contributed by atoms with Crippen LogP contribution in [0.2, 0.25) is 0 Å². The molecule has 35 heavy (non-hydrogen) atoms. The zero-order valence-electron chi connectivity index (χ0n) is 19.8. The van der Waals surface area contributed by atoms with Gasteiger partial charge in [0.15, 0.2) is 0 Å². The van der Waals surface area contributed by atoms with Gasteiger partial charge in [-0.1, -0.05) is 31.5 Å². The van der Waals surface area contributed by atoms with Gasteiger partial charge in [-0.05, 0) is 63.3 Å². The number of rotatable bonds is 5. The first-order valence-corrected chi connectivity index (χ1v) is 12.0. The highest BCUT2D eigenvalue weighted by Crippen LogP contribution is 2.39. The summed E-state index contributed by atoms with van der Waals surface area (Å²) < 4.78 is 39.3. The first-order valence-electron chi connectivity index (χ1n) is 12.0. The van der Waals surface area contributed by atoms with Gasteiger partial charge in [0.2, 0.25) is 5.89 Å². The van der Waals surface area contributed by atoms with Gasteiger partial charge in [0.1, 0.15) is 0 Å². The minimum absolute atomic E-state index is 0.356. The number of aliphatic carboxylic acids is 1. The summed E-state index contributed by atoms with van der Waals surface area (Å²) in [5, 5.41) is 17.6. The molecule has 0 bridgehead atoms. The van der Waals surface area contributed by atoms with E-state index in [0.717, 1.165) is 37.3 Å². The van der Waals surface area contributed by atoms with Gasteiger partial charge in [-0.15, -0.1) is 0 Å². The van der Waals surface area contributed by atoms with Crippen LogP contribution in [0.5, 0.6) is 0 Å². The fraction of sp³-hybridized carbons (Fsp3) is 0.583. The van der Waals surface area contributed by atoms with E-state index in [2.05, 4.69) is 48.2 Å². The molecule has 3 aromatic rings. The number of carbonyl (C=O) groups is 1. The van der Waals surface area contributed by atoms with Gasteiger partial charge < -0.3 is 14.5 Å². The van der Waals surface area contributed by atoms with E-state index in [0.29, 0.717) is 23.8 Å². The van der Waals surface area contributed by atoms with Gasteiger partial charge in [0.05, 0.1) is 11.2 Å². The van der Waals surface area contributed by atoms with Crippen molar-refractivity contribution >= 4 is 16.9 Å². The molecule has 1 atom stereocenters. The average molecular weight is 494 g/mol. The Balaban J connectivity index is 0.000000364. The number of likely N-dealkylation sites (tertiary alicyclic amines) is 1. The molecular formula is C24H30F3N5O3. The zero-order chi connectivity index (χ0) is 25.2. The van der Waals surface area contributed by atoms with Crippen molar-refractivity contribution in [1.82, 2.24) is 24.8 Å². The number of hydrogen-bond acceptors (Lipinski definition) is 6. The third-order valence-electron chi connectivity index (χ3n) is 7.06. The van der Waals surface area contributed by atoms with Crippen molar-refractivity contribution < 1.29 is 27.6 Å². The van der Waals surface area contributed by atoms with Crippen LogP contribution < -0.4 is 0 Å². The quantitative estimate of drug-likeness (QED) is 0.516. The van der Waals surface area contributed by atoms with Crippen LogP contribution in [-0.2, 0) is 4.79 Å². The summed E-state index contributed by atoms with van der Waals surface area (Å²) in [6.45, 7) is 6.78. The molecule has 1 unspecified atom stereocenters. The molecule has 1 saturated heterocycles. The second-order valence-corrected chi connectivity index (χ2v) is 9.25. The van der Waals surface area contributed by atoms with Crippen LogP contribution in [-0.4, -0.2) is 61.2 Å². The van der Waals surface area contributed by atoms with Crippen LogP contribution in [0, 0.1) is 0 Å². The minimum atomic E-state index is -5.08. The Bertz CT molecular complexity index is 1150. The normalized spacial score (nSPS) is 18.7. The maximum Gasteiger partial charge on any atom is 0.490 e. The molecule has 190 valence electrons. The summed E-state index contributed by atoms with van der Waals surface area (Å²) in [5.41, 5.74) is 2.26. The van der Waals surface area contributed by atoms with E-state index >= 15 is 0 Å². The van der Waals surface area contributed by atoms with Crippen LogP contribution in [0.15, 0.2) is 28.8 Å². The van der Waals surface area contributed by atoms with Crippen molar-refractivity contribution in [1.29, 1.82) is 0 Å². The van der Waals surface area contributed by atoms with Crippen molar-refractivity contribution in [3.8, 4) is 5.95 Å². The van der Waals surface area contributed by atoms with E-state index in [9.17, 15) is 13.2 Å². The predicted octanol–water partition coefficient (Wildman–Crippen LogP) is 5.29. The van der Waals surface area contributed by atoms with Gasteiger partial charge in [0, 0.05) is 23.3 Å². The summed E-state index contributed by atoms with van der Waals surface area (Å²) >= 11 is 0. The lowest BCUT2D eigenvalue weighted by molar-refractivity contribution is -0.192. The third-order valence-corrected chi connectivity index (χ3v) is 7.06. The molecule has 1 aliphatic heterocycles. The molecule has 0 radical (unpaired) electrons. The fourth-order valence-electron chi connectivity index (χ4n) is 4.55. The number of halogens is 3. The summed E-state index contributed by atoms with van der Waals surface area (Å²) in [6.07, 6.45) is 2.04. The maximum absolute atomic E-state index is 10.6. The standard InChI is InChI=1S/C22H29N5O.C2HF3O2/c1-3-15(2)26-13-11-17(12-14-26)21-23-22(25-28-21)27-19-10-5-4-9-18(19)20(24-27)16-7-6-8-16;3-2(4,5)1(6)7/h4-5,9-10,15-17H,3,6-8,11-14H2,1-2H3;(H,6,7). The van der Waals surface area contributed by atoms with E-state index < -0.39 is 12.1 Å². The molecule has 2 aliphatic rings. The average Bonchev–Trinajstić information content (AvgIpc) is 3.43. The molecule has 5 rings (SSSR count). The Morgan fingerprint density at radius 2 is 1.83 bits per heavy atom. The lowest BCUT2D eigenvalue weighted by Gasteiger charge is -2.34. The second-order valence-electron chi connectivity index (χ2n) is 9.25. The molecule has 1 saturated carbocycles. The van der Waals surface area contributed by atoms with Crippen molar-refractivity contribution in [2.24, 2.45) is 0 Å². The molecule has 1 aromatic carbocycles. The number of piperidine rings is 1. The van der Waals surface area contributed by atoms with Crippen LogP contribution in [0.25, 0.3) is 16.9 Å². The highest BCUT2D eigenvalue weighted by molar-refractivity contribution is 5.83. The molecule has 11 heteroatoms. The van der Waals surface area contributed by atoms with Crippen LogP contribution in [0.3, 0.4) is 0 Å². The van der Waals surface area contributed by atoms with Crippen LogP contribution in [0.4, 0.5) is 13.2 Å². The van der Waals surface area contributed by atoms with E-state index in [1.54, 1.807) is 0 Å². The summed E-state index contributed by atoms with van der Waals surface area (Å²) in [5.74, 6) is -0.492. The molecule has 8 nitrogen and oxygen atoms in total. The minimum Gasteiger partial charge on any atom is -0.475 e. The molecule has 1 aliphatic carbocycles. The Morgan fingerprint density at radius 1 is 1.17 bits per heavy atom. The highest BCUT2D eigenvalue weighted by Gasteiger charge is 2.38. The molecule has 3 heterocycles. The SMILES string of the molecule is CCC(C)N1CCC(c2nc(-n3nc(C4CCC4)c4ccccc43)no2)CC1.O=C(O)C(F)(F)F. The number of aromatic nitrogens is 4. The monoisotopic (exact) mass is 493 g/mol. The summed E-state index contributed by atoms with van der Waals surface area (Å²) in [7, 11) is 0. The largest absolute Gasteiger partial charge is 0.490 e. The summed E-state index contributed by atoms with van der Waals surface area (Å²) in [4.78, 5) is 16.2. The molecule has 0 amide bonds. The number of carboxylic acids is 1. The predicted molar refractivity (Wildman–Crippen MR) is 123 cm³/mol. The highest BCUT2D eigenvalue weighted by atomic mass is 19.4. The van der Waals surface area contributed by atoms with Crippen molar-refractivity contribution in [3.05, 3.63) is 35.9 Å². The Hall–Kier alpha value is -2.95. The van der Waals surface area contributed by atoms with Gasteiger partial charge in [-0.25, -0.2) is 4.79 Å². The summed E-state index contributed by atoms with van der Waals surface area (Å²) in [6, 6.07) is 9.06. The lowest BCUT2D eigenvalue weighted by atomic mass is 9.82. The Labute approximate surface area is 201 Å². The molecule has 2 fully saturated rings. The number of fused-ring (bicyclic) bond motifs is 1. The smallest absolute Gasteiger partial charge is 0.475 e. The molecular weight excluding hydrogens is 463 g/mol. The van der Waals surface area contributed by atoms with Gasteiger partial charge in [-0.3, -0.25) is 0 Å². The molecule has 0 spiro atoms. The maximum atomic E-state index is 10.6. The van der Waals surface area contributed by atoms with E-state index in [1.165, 1.54) is 36.8 Å². The number of para-hydroxylation sites is 1. The number of benzene rings is 1. The fourth-order valence-corrected chi connectivity index (χ4v) is 4.55. The first-order chi connectivity index (χ1) is 16.7. The van der Waals surface area contributed by atoms with E-state index in [4.69, 9.17) is 24.5 Å². The number of nitrogens with zero attached hydrogens (tertiary/aromatic N) is 5. The van der Waals surface area contributed by atoms with Gasteiger partial charge in [0.25, 0.3) is 5.95 Å². The van der Waals surface area contributed by atoms with E-state index in [1.807, 2.05) is 4.68 Å². The number of alkyl halides is 3. The first kappa shape index (κ1) is 25.2. The van der Waals surface area contributed by atoms with E-state index in [-0.39, 0.29) is 0 Å². The van der Waals surface area contributed by atoms with Crippen molar-refractivity contribution in [2.75, 3.05) is 13.1 Å².